The summed E-state index contributed by atoms with van der Waals surface area (Å²) in [6.07, 6.45) is 2.57. The number of hydrogen-bond acceptors (Lipinski definition) is 3. The van der Waals surface area contributed by atoms with Crippen LogP contribution in [0.5, 0.6) is 0 Å². The third-order valence-electron chi connectivity index (χ3n) is 3.39. The van der Waals surface area contributed by atoms with Gasteiger partial charge >= 0.3 is 0 Å². The minimum atomic E-state index is -0.158. The molecular formula is C18H31FIN3O2. The predicted molar refractivity (Wildman–Crippen MR) is 111 cm³/mol. The summed E-state index contributed by atoms with van der Waals surface area (Å²) in [5, 5.41) is 6.44. The molecule has 0 aromatic heterocycles. The molecule has 5 nitrogen and oxygen atoms in total. The number of methoxy groups -OCH3 is 1. The molecule has 0 amide bonds. The fraction of sp³-hybridized carbons (Fsp3) is 0.611. The number of ether oxygens (including phenoxy) is 2. The first-order valence-electron chi connectivity index (χ1n) is 8.60. The summed E-state index contributed by atoms with van der Waals surface area (Å²) >= 11 is 0. The van der Waals surface area contributed by atoms with Crippen molar-refractivity contribution in [2.45, 2.75) is 26.2 Å². The first-order chi connectivity index (χ1) is 11.8. The van der Waals surface area contributed by atoms with Gasteiger partial charge in [0.15, 0.2) is 5.96 Å². The third kappa shape index (κ3) is 12.1. The molecule has 1 aromatic rings. The summed E-state index contributed by atoms with van der Waals surface area (Å²) in [6.45, 7) is 6.21. The number of aliphatic imine (C=N–C) groups is 1. The van der Waals surface area contributed by atoms with Gasteiger partial charge in [0.2, 0.25) is 0 Å². The summed E-state index contributed by atoms with van der Waals surface area (Å²) in [5.41, 5.74) is 0.717. The number of benzene rings is 1. The predicted octanol–water partition coefficient (Wildman–Crippen LogP) is 2.98. The molecule has 0 saturated carbocycles. The number of rotatable bonds is 12. The molecule has 0 aliphatic carbocycles. The second-order valence-electron chi connectivity index (χ2n) is 5.34. The van der Waals surface area contributed by atoms with E-state index < -0.39 is 0 Å². The van der Waals surface area contributed by atoms with E-state index in [0.717, 1.165) is 38.5 Å². The van der Waals surface area contributed by atoms with Crippen molar-refractivity contribution in [2.24, 2.45) is 4.99 Å². The lowest BCUT2D eigenvalue weighted by atomic mass is 10.1. The number of nitrogens with zero attached hydrogens (tertiary/aromatic N) is 1. The molecule has 0 saturated heterocycles. The fourth-order valence-corrected chi connectivity index (χ4v) is 2.11. The lowest BCUT2D eigenvalue weighted by Crippen LogP contribution is -2.38. The average molecular weight is 467 g/mol. The summed E-state index contributed by atoms with van der Waals surface area (Å²) in [7, 11) is 1.67. The van der Waals surface area contributed by atoms with Gasteiger partial charge in [0, 0.05) is 33.4 Å². The largest absolute Gasteiger partial charge is 0.382 e. The van der Waals surface area contributed by atoms with Crippen molar-refractivity contribution in [3.8, 4) is 0 Å². The van der Waals surface area contributed by atoms with Gasteiger partial charge in [-0.15, -0.1) is 24.0 Å². The normalized spacial score (nSPS) is 11.1. The van der Waals surface area contributed by atoms with E-state index in [9.17, 15) is 4.39 Å². The quantitative estimate of drug-likeness (QED) is 0.215. The van der Waals surface area contributed by atoms with Crippen LogP contribution in [-0.4, -0.2) is 52.5 Å². The SMILES string of the molecule is CCNC(=NCCCCOCCOC)NCCc1ccccc1F.I. The molecule has 144 valence electrons. The summed E-state index contributed by atoms with van der Waals surface area (Å²) in [5.74, 6) is 0.615. The highest BCUT2D eigenvalue weighted by molar-refractivity contribution is 14.0. The van der Waals surface area contributed by atoms with Gasteiger partial charge in [-0.25, -0.2) is 4.39 Å². The van der Waals surface area contributed by atoms with Crippen molar-refractivity contribution in [2.75, 3.05) is 46.6 Å². The Morgan fingerprint density at radius 3 is 2.64 bits per heavy atom. The molecule has 2 N–H and O–H groups in total. The molecular weight excluding hydrogens is 436 g/mol. The maximum atomic E-state index is 13.6. The van der Waals surface area contributed by atoms with Crippen molar-refractivity contribution >= 4 is 29.9 Å². The smallest absolute Gasteiger partial charge is 0.191 e. The van der Waals surface area contributed by atoms with Crippen LogP contribution in [-0.2, 0) is 15.9 Å². The van der Waals surface area contributed by atoms with Crippen LogP contribution in [0.3, 0.4) is 0 Å². The molecule has 0 heterocycles. The van der Waals surface area contributed by atoms with Gasteiger partial charge in [-0.2, -0.15) is 0 Å². The maximum Gasteiger partial charge on any atom is 0.191 e. The number of hydrogen-bond donors (Lipinski definition) is 2. The van der Waals surface area contributed by atoms with Crippen LogP contribution in [0.15, 0.2) is 29.3 Å². The first kappa shape index (κ1) is 24.1. The van der Waals surface area contributed by atoms with E-state index in [-0.39, 0.29) is 29.8 Å². The lowest BCUT2D eigenvalue weighted by Gasteiger charge is -2.11. The van der Waals surface area contributed by atoms with Crippen molar-refractivity contribution in [1.82, 2.24) is 10.6 Å². The maximum absolute atomic E-state index is 13.6. The van der Waals surface area contributed by atoms with Crippen molar-refractivity contribution < 1.29 is 13.9 Å². The van der Waals surface area contributed by atoms with E-state index in [4.69, 9.17) is 9.47 Å². The second kappa shape index (κ2) is 16.5. The molecule has 0 aliphatic heterocycles. The van der Waals surface area contributed by atoms with E-state index in [1.807, 2.05) is 19.1 Å². The number of nitrogens with one attached hydrogen (secondary N) is 2. The molecule has 0 fully saturated rings. The van der Waals surface area contributed by atoms with Crippen LogP contribution in [0.4, 0.5) is 4.39 Å². The van der Waals surface area contributed by atoms with Crippen LogP contribution in [0, 0.1) is 5.82 Å². The lowest BCUT2D eigenvalue weighted by molar-refractivity contribution is 0.0690. The van der Waals surface area contributed by atoms with Crippen LogP contribution in [0.25, 0.3) is 0 Å². The van der Waals surface area contributed by atoms with Gasteiger partial charge < -0.3 is 20.1 Å². The molecule has 0 spiro atoms. The van der Waals surface area contributed by atoms with Crippen molar-refractivity contribution in [3.63, 3.8) is 0 Å². The second-order valence-corrected chi connectivity index (χ2v) is 5.34. The van der Waals surface area contributed by atoms with Crippen molar-refractivity contribution in [1.29, 1.82) is 0 Å². The Balaban J connectivity index is 0.00000576. The zero-order valence-corrected chi connectivity index (χ0v) is 17.6. The molecule has 0 atom stereocenters. The molecule has 0 aliphatic rings. The Morgan fingerprint density at radius 1 is 1.12 bits per heavy atom. The Kier molecular flexibility index (Phi) is 15.9. The highest BCUT2D eigenvalue weighted by Gasteiger charge is 2.01. The van der Waals surface area contributed by atoms with Gasteiger partial charge in [-0.1, -0.05) is 18.2 Å². The highest BCUT2D eigenvalue weighted by atomic mass is 127. The zero-order valence-electron chi connectivity index (χ0n) is 15.2. The van der Waals surface area contributed by atoms with Crippen LogP contribution in [0.1, 0.15) is 25.3 Å². The van der Waals surface area contributed by atoms with E-state index in [1.165, 1.54) is 6.07 Å². The van der Waals surface area contributed by atoms with Gasteiger partial charge in [0.1, 0.15) is 5.82 Å². The first-order valence-corrected chi connectivity index (χ1v) is 8.60. The Labute approximate surface area is 167 Å². The molecule has 1 rings (SSSR count). The van der Waals surface area contributed by atoms with E-state index in [1.54, 1.807) is 13.2 Å². The molecule has 0 bridgehead atoms. The summed E-state index contributed by atoms with van der Waals surface area (Å²) < 4.78 is 23.9. The van der Waals surface area contributed by atoms with Gasteiger partial charge in [-0.05, 0) is 37.8 Å². The summed E-state index contributed by atoms with van der Waals surface area (Å²) in [6, 6.07) is 6.86. The van der Waals surface area contributed by atoms with Gasteiger partial charge in [0.25, 0.3) is 0 Å². The molecule has 7 heteroatoms. The van der Waals surface area contributed by atoms with Crippen LogP contribution in [0.2, 0.25) is 0 Å². The fourth-order valence-electron chi connectivity index (χ4n) is 2.11. The number of guanidine groups is 1. The van der Waals surface area contributed by atoms with Crippen molar-refractivity contribution in [3.05, 3.63) is 35.6 Å². The standard InChI is InChI=1S/C18H30FN3O2.HI/c1-3-20-18(21-11-6-7-13-24-15-14-23-2)22-12-10-16-8-4-5-9-17(16)19;/h4-5,8-9H,3,6-7,10-15H2,1-2H3,(H2,20,21,22);1H. The summed E-state index contributed by atoms with van der Waals surface area (Å²) in [4.78, 5) is 4.52. The minimum Gasteiger partial charge on any atom is -0.382 e. The van der Waals surface area contributed by atoms with Gasteiger partial charge in [0.05, 0.1) is 13.2 Å². The molecule has 0 radical (unpaired) electrons. The van der Waals surface area contributed by atoms with Crippen LogP contribution < -0.4 is 10.6 Å². The monoisotopic (exact) mass is 467 g/mol. The van der Waals surface area contributed by atoms with E-state index in [0.29, 0.717) is 31.7 Å². The van der Waals surface area contributed by atoms with E-state index in [2.05, 4.69) is 15.6 Å². The number of unbranched alkanes of at least 4 members (excludes halogenated alkanes) is 1. The van der Waals surface area contributed by atoms with Gasteiger partial charge in [-0.3, -0.25) is 4.99 Å². The Hall–Kier alpha value is -0.930. The molecule has 0 unspecified atom stereocenters. The van der Waals surface area contributed by atoms with Crippen LogP contribution >= 0.6 is 24.0 Å². The topological polar surface area (TPSA) is 54.9 Å². The average Bonchev–Trinajstić information content (AvgIpc) is 2.59. The molecule has 1 aromatic carbocycles. The molecule has 25 heavy (non-hydrogen) atoms. The highest BCUT2D eigenvalue weighted by Crippen LogP contribution is 2.06. The third-order valence-corrected chi connectivity index (χ3v) is 3.39. The Morgan fingerprint density at radius 2 is 1.92 bits per heavy atom. The minimum absolute atomic E-state index is 0. The number of halogens is 2. The zero-order chi connectivity index (χ0) is 17.5. The van der Waals surface area contributed by atoms with E-state index >= 15 is 0 Å². The Bertz CT molecular complexity index is 475.